The molecule has 3 amide bonds. The topological polar surface area (TPSA) is 93.5 Å². The SMILES string of the molecule is C[C@H](NC(=O)C[C@H](NC(N)=O)c1ccccc1Cl)[C@H]1CCCO1. The van der Waals surface area contributed by atoms with Gasteiger partial charge in [0.25, 0.3) is 0 Å². The van der Waals surface area contributed by atoms with Crippen molar-refractivity contribution in [3.63, 3.8) is 0 Å². The van der Waals surface area contributed by atoms with E-state index in [1.54, 1.807) is 24.3 Å². The molecule has 4 N–H and O–H groups in total. The number of amides is 3. The quantitative estimate of drug-likeness (QED) is 0.741. The van der Waals surface area contributed by atoms with Crippen LogP contribution in [0.25, 0.3) is 0 Å². The van der Waals surface area contributed by atoms with Crippen LogP contribution in [0.15, 0.2) is 24.3 Å². The summed E-state index contributed by atoms with van der Waals surface area (Å²) in [6.45, 7) is 2.65. The first kappa shape index (κ1) is 17.6. The number of ether oxygens (including phenoxy) is 1. The molecular weight excluding hydrogens is 318 g/mol. The molecule has 6 nitrogen and oxygen atoms in total. The number of hydrogen-bond acceptors (Lipinski definition) is 3. The summed E-state index contributed by atoms with van der Waals surface area (Å²) < 4.78 is 5.56. The van der Waals surface area contributed by atoms with Crippen molar-refractivity contribution in [1.29, 1.82) is 0 Å². The molecule has 7 heteroatoms. The Bertz CT molecular complexity index is 561. The maximum Gasteiger partial charge on any atom is 0.312 e. The fourth-order valence-corrected chi connectivity index (χ4v) is 3.02. The van der Waals surface area contributed by atoms with Gasteiger partial charge in [0.15, 0.2) is 0 Å². The monoisotopic (exact) mass is 339 g/mol. The standard InChI is InChI=1S/C16H22ClN3O3/c1-10(14-7-4-8-23-14)19-15(21)9-13(20-16(18)22)11-5-2-3-6-12(11)17/h2-3,5-6,10,13-14H,4,7-9H2,1H3,(H,19,21)(H3,18,20,22)/t10-,13-,14+/m0/s1. The molecule has 1 saturated heterocycles. The minimum atomic E-state index is -0.699. The number of nitrogens with two attached hydrogens (primary N) is 1. The van der Waals surface area contributed by atoms with E-state index >= 15 is 0 Å². The van der Waals surface area contributed by atoms with Crippen LogP contribution in [-0.4, -0.2) is 30.7 Å². The number of hydrogen-bond donors (Lipinski definition) is 3. The Labute approximate surface area is 140 Å². The first-order valence-electron chi connectivity index (χ1n) is 7.68. The first-order valence-corrected chi connectivity index (χ1v) is 8.06. The number of nitrogens with one attached hydrogen (secondary N) is 2. The van der Waals surface area contributed by atoms with Crippen molar-refractivity contribution < 1.29 is 14.3 Å². The summed E-state index contributed by atoms with van der Waals surface area (Å²) in [5.41, 5.74) is 5.87. The number of primary amides is 1. The molecular formula is C16H22ClN3O3. The van der Waals surface area contributed by atoms with Gasteiger partial charge in [-0.15, -0.1) is 0 Å². The lowest BCUT2D eigenvalue weighted by atomic mass is 10.0. The third-order valence-electron chi connectivity index (χ3n) is 3.90. The number of carbonyl (C=O) groups excluding carboxylic acids is 2. The summed E-state index contributed by atoms with van der Waals surface area (Å²) in [4.78, 5) is 23.5. The summed E-state index contributed by atoms with van der Waals surface area (Å²) >= 11 is 6.15. The average Bonchev–Trinajstić information content (AvgIpc) is 3.00. The molecule has 0 aliphatic carbocycles. The number of rotatable bonds is 6. The van der Waals surface area contributed by atoms with Crippen molar-refractivity contribution in [2.24, 2.45) is 5.73 Å². The van der Waals surface area contributed by atoms with Gasteiger partial charge in [0, 0.05) is 11.6 Å². The second kappa shape index (κ2) is 8.17. The molecule has 23 heavy (non-hydrogen) atoms. The lowest BCUT2D eigenvalue weighted by Crippen LogP contribution is -2.43. The van der Waals surface area contributed by atoms with E-state index in [0.717, 1.165) is 19.4 Å². The van der Waals surface area contributed by atoms with Crippen molar-refractivity contribution in [3.8, 4) is 0 Å². The van der Waals surface area contributed by atoms with Gasteiger partial charge >= 0.3 is 6.03 Å². The first-order chi connectivity index (χ1) is 11.0. The summed E-state index contributed by atoms with van der Waals surface area (Å²) in [6, 6.07) is 5.70. The van der Waals surface area contributed by atoms with Gasteiger partial charge in [-0.05, 0) is 31.4 Å². The molecule has 0 unspecified atom stereocenters. The van der Waals surface area contributed by atoms with E-state index in [-0.39, 0.29) is 24.5 Å². The smallest absolute Gasteiger partial charge is 0.312 e. The van der Waals surface area contributed by atoms with Gasteiger partial charge in [-0.1, -0.05) is 29.8 Å². The van der Waals surface area contributed by atoms with Crippen LogP contribution in [0.5, 0.6) is 0 Å². The Hall–Kier alpha value is -1.79. The third kappa shape index (κ3) is 5.11. The maximum absolute atomic E-state index is 12.3. The minimum Gasteiger partial charge on any atom is -0.376 e. The van der Waals surface area contributed by atoms with E-state index in [9.17, 15) is 9.59 Å². The number of carbonyl (C=O) groups is 2. The summed E-state index contributed by atoms with van der Waals surface area (Å²) in [5, 5.41) is 5.97. The van der Waals surface area contributed by atoms with Crippen LogP contribution in [0.1, 0.15) is 37.8 Å². The van der Waals surface area contributed by atoms with Gasteiger partial charge < -0.3 is 21.1 Å². The molecule has 0 bridgehead atoms. The van der Waals surface area contributed by atoms with E-state index in [2.05, 4.69) is 10.6 Å². The highest BCUT2D eigenvalue weighted by Gasteiger charge is 2.25. The van der Waals surface area contributed by atoms with Crippen LogP contribution >= 0.6 is 11.6 Å². The van der Waals surface area contributed by atoms with Gasteiger partial charge in [-0.3, -0.25) is 4.79 Å². The van der Waals surface area contributed by atoms with E-state index < -0.39 is 12.1 Å². The maximum atomic E-state index is 12.3. The van der Waals surface area contributed by atoms with Gasteiger partial charge in [0.05, 0.1) is 24.6 Å². The summed E-state index contributed by atoms with van der Waals surface area (Å²) in [5.74, 6) is -0.188. The highest BCUT2D eigenvalue weighted by Crippen LogP contribution is 2.25. The zero-order valence-corrected chi connectivity index (χ0v) is 13.8. The Kier molecular flexibility index (Phi) is 6.24. The van der Waals surface area contributed by atoms with Crippen LogP contribution in [0.3, 0.4) is 0 Å². The Morgan fingerprint density at radius 1 is 1.39 bits per heavy atom. The minimum absolute atomic E-state index is 0.0433. The average molecular weight is 340 g/mol. The normalized spacial score (nSPS) is 19.8. The molecule has 1 aromatic carbocycles. The van der Waals surface area contributed by atoms with Crippen LogP contribution in [0, 0.1) is 0 Å². The zero-order valence-electron chi connectivity index (χ0n) is 13.0. The van der Waals surface area contributed by atoms with Crippen molar-refractivity contribution in [1.82, 2.24) is 10.6 Å². The Morgan fingerprint density at radius 2 is 2.13 bits per heavy atom. The molecule has 126 valence electrons. The van der Waals surface area contributed by atoms with Crippen LogP contribution < -0.4 is 16.4 Å². The Balaban J connectivity index is 2.01. The molecule has 1 fully saturated rings. The highest BCUT2D eigenvalue weighted by atomic mass is 35.5. The summed E-state index contributed by atoms with van der Waals surface area (Å²) in [6.07, 6.45) is 2.05. The fourth-order valence-electron chi connectivity index (χ4n) is 2.76. The van der Waals surface area contributed by atoms with Crippen molar-refractivity contribution in [2.75, 3.05) is 6.61 Å². The summed E-state index contributed by atoms with van der Waals surface area (Å²) in [7, 11) is 0. The van der Waals surface area contributed by atoms with E-state index in [0.29, 0.717) is 10.6 Å². The van der Waals surface area contributed by atoms with Gasteiger partial charge in [-0.2, -0.15) is 0 Å². The van der Waals surface area contributed by atoms with Crippen LogP contribution in [0.4, 0.5) is 4.79 Å². The Morgan fingerprint density at radius 3 is 2.74 bits per heavy atom. The van der Waals surface area contributed by atoms with E-state index in [1.807, 2.05) is 6.92 Å². The number of halogens is 1. The van der Waals surface area contributed by atoms with E-state index in [4.69, 9.17) is 22.1 Å². The van der Waals surface area contributed by atoms with Gasteiger partial charge in [-0.25, -0.2) is 4.79 Å². The van der Waals surface area contributed by atoms with Crippen molar-refractivity contribution in [3.05, 3.63) is 34.9 Å². The lowest BCUT2D eigenvalue weighted by Gasteiger charge is -2.23. The molecule has 1 heterocycles. The molecule has 1 aliphatic heterocycles. The largest absolute Gasteiger partial charge is 0.376 e. The highest BCUT2D eigenvalue weighted by molar-refractivity contribution is 6.31. The predicted octanol–water partition coefficient (Wildman–Crippen LogP) is 2.12. The predicted molar refractivity (Wildman–Crippen MR) is 88.1 cm³/mol. The molecule has 0 radical (unpaired) electrons. The van der Waals surface area contributed by atoms with Crippen LogP contribution in [-0.2, 0) is 9.53 Å². The van der Waals surface area contributed by atoms with Crippen molar-refractivity contribution in [2.45, 2.75) is 44.4 Å². The van der Waals surface area contributed by atoms with E-state index in [1.165, 1.54) is 0 Å². The molecule has 1 aromatic rings. The molecule has 0 aromatic heterocycles. The lowest BCUT2D eigenvalue weighted by molar-refractivity contribution is -0.123. The molecule has 1 aliphatic rings. The zero-order chi connectivity index (χ0) is 16.8. The molecule has 3 atom stereocenters. The third-order valence-corrected chi connectivity index (χ3v) is 4.24. The van der Waals surface area contributed by atoms with Crippen molar-refractivity contribution >= 4 is 23.5 Å². The number of urea groups is 1. The molecule has 0 saturated carbocycles. The van der Waals surface area contributed by atoms with Gasteiger partial charge in [0.2, 0.25) is 5.91 Å². The number of benzene rings is 1. The molecule has 2 rings (SSSR count). The van der Waals surface area contributed by atoms with Gasteiger partial charge in [0.1, 0.15) is 0 Å². The second-order valence-electron chi connectivity index (χ2n) is 5.69. The fraction of sp³-hybridized carbons (Fsp3) is 0.500. The molecule has 0 spiro atoms. The van der Waals surface area contributed by atoms with Crippen LogP contribution in [0.2, 0.25) is 5.02 Å². The second-order valence-corrected chi connectivity index (χ2v) is 6.10.